The Kier molecular flexibility index (Phi) is 6.86. The maximum absolute atomic E-state index is 12.3. The smallest absolute Gasteiger partial charge is 0.321 e. The van der Waals surface area contributed by atoms with E-state index in [2.05, 4.69) is 5.32 Å². The molecule has 0 heterocycles. The summed E-state index contributed by atoms with van der Waals surface area (Å²) in [6.45, 7) is 0.400. The molecule has 2 aromatic rings. The van der Waals surface area contributed by atoms with Crippen molar-refractivity contribution in [1.82, 2.24) is 9.80 Å². The number of likely N-dealkylation sites (N-methyl/N-ethyl adjacent to an activating group) is 1. The van der Waals surface area contributed by atoms with Gasteiger partial charge in [-0.1, -0.05) is 29.8 Å². The van der Waals surface area contributed by atoms with Crippen LogP contribution in [0.5, 0.6) is 5.75 Å². The second kappa shape index (κ2) is 9.10. The monoisotopic (exact) mass is 375 g/mol. The molecule has 0 radical (unpaired) electrons. The Morgan fingerprint density at radius 1 is 1.08 bits per heavy atom. The molecule has 0 bridgehead atoms. The Balaban J connectivity index is 1.92. The number of rotatable bonds is 6. The third-order valence-corrected chi connectivity index (χ3v) is 3.88. The molecule has 138 valence electrons. The summed E-state index contributed by atoms with van der Waals surface area (Å²) < 4.78 is 5.45. The summed E-state index contributed by atoms with van der Waals surface area (Å²) in [5, 5.41) is 3.47. The van der Waals surface area contributed by atoms with Crippen molar-refractivity contribution < 1.29 is 14.3 Å². The van der Waals surface area contributed by atoms with Crippen LogP contribution >= 0.6 is 11.6 Å². The van der Waals surface area contributed by atoms with Gasteiger partial charge in [0.25, 0.3) is 5.91 Å². The van der Waals surface area contributed by atoms with E-state index in [4.69, 9.17) is 16.3 Å². The van der Waals surface area contributed by atoms with Gasteiger partial charge >= 0.3 is 6.03 Å². The highest BCUT2D eigenvalue weighted by atomic mass is 35.5. The summed E-state index contributed by atoms with van der Waals surface area (Å²) in [6.07, 6.45) is 0. The van der Waals surface area contributed by atoms with Crippen LogP contribution in [0.1, 0.15) is 5.56 Å². The van der Waals surface area contributed by atoms with Gasteiger partial charge in [-0.3, -0.25) is 4.79 Å². The number of hydrogen-bond donors (Lipinski definition) is 1. The molecule has 0 aliphatic heterocycles. The first-order valence-electron chi connectivity index (χ1n) is 8.04. The molecular formula is C19H22ClN3O3. The van der Waals surface area contributed by atoms with Crippen LogP contribution in [0, 0.1) is 0 Å². The zero-order valence-electron chi connectivity index (χ0n) is 15.0. The van der Waals surface area contributed by atoms with Crippen molar-refractivity contribution in [1.29, 1.82) is 0 Å². The number of carbonyl (C=O) groups excluding carboxylic acids is 2. The molecule has 3 amide bonds. The van der Waals surface area contributed by atoms with Crippen LogP contribution in [0.15, 0.2) is 48.5 Å². The van der Waals surface area contributed by atoms with Crippen LogP contribution in [-0.4, -0.2) is 49.5 Å². The molecule has 0 saturated carbocycles. The van der Waals surface area contributed by atoms with Gasteiger partial charge in [-0.25, -0.2) is 4.79 Å². The Bertz CT molecular complexity index is 763. The van der Waals surface area contributed by atoms with E-state index >= 15 is 0 Å². The summed E-state index contributed by atoms with van der Waals surface area (Å²) >= 11 is 5.87. The summed E-state index contributed by atoms with van der Waals surface area (Å²) in [6, 6.07) is 14.0. The molecule has 26 heavy (non-hydrogen) atoms. The van der Waals surface area contributed by atoms with E-state index in [1.807, 2.05) is 12.1 Å². The summed E-state index contributed by atoms with van der Waals surface area (Å²) in [7, 11) is 5.04. The lowest BCUT2D eigenvalue weighted by Gasteiger charge is -2.18. The van der Waals surface area contributed by atoms with Gasteiger partial charge in [-0.15, -0.1) is 0 Å². The number of benzene rings is 2. The van der Waals surface area contributed by atoms with Crippen molar-refractivity contribution in [2.75, 3.05) is 33.1 Å². The Hall–Kier alpha value is -2.73. The van der Waals surface area contributed by atoms with Crippen LogP contribution in [0.2, 0.25) is 5.02 Å². The lowest BCUT2D eigenvalue weighted by molar-refractivity contribution is -0.130. The first-order valence-corrected chi connectivity index (χ1v) is 8.42. The first-order chi connectivity index (χ1) is 12.3. The van der Waals surface area contributed by atoms with Gasteiger partial charge in [0, 0.05) is 44.5 Å². The molecule has 0 fully saturated rings. The number of hydrogen-bond acceptors (Lipinski definition) is 3. The number of anilines is 1. The van der Waals surface area contributed by atoms with Crippen LogP contribution < -0.4 is 10.1 Å². The molecule has 0 aromatic heterocycles. The van der Waals surface area contributed by atoms with Gasteiger partial charge in [0.15, 0.2) is 6.61 Å². The average Bonchev–Trinajstić information content (AvgIpc) is 2.61. The van der Waals surface area contributed by atoms with Crippen molar-refractivity contribution in [3.63, 3.8) is 0 Å². The number of amides is 3. The van der Waals surface area contributed by atoms with E-state index in [-0.39, 0.29) is 18.5 Å². The van der Waals surface area contributed by atoms with Gasteiger partial charge in [0.05, 0.1) is 0 Å². The molecule has 0 saturated heterocycles. The van der Waals surface area contributed by atoms with E-state index < -0.39 is 0 Å². The van der Waals surface area contributed by atoms with Gasteiger partial charge in [0.1, 0.15) is 5.75 Å². The Morgan fingerprint density at radius 3 is 2.42 bits per heavy atom. The fourth-order valence-electron chi connectivity index (χ4n) is 2.09. The first kappa shape index (κ1) is 19.6. The third kappa shape index (κ3) is 5.97. The highest BCUT2D eigenvalue weighted by molar-refractivity contribution is 6.30. The van der Waals surface area contributed by atoms with Crippen LogP contribution in [0.4, 0.5) is 10.5 Å². The summed E-state index contributed by atoms with van der Waals surface area (Å²) in [5.74, 6) is 0.375. The highest BCUT2D eigenvalue weighted by Gasteiger charge is 2.10. The minimum Gasteiger partial charge on any atom is -0.484 e. The highest BCUT2D eigenvalue weighted by Crippen LogP contribution is 2.18. The van der Waals surface area contributed by atoms with E-state index in [1.165, 1.54) is 4.90 Å². The van der Waals surface area contributed by atoms with E-state index in [0.717, 1.165) is 5.56 Å². The maximum Gasteiger partial charge on any atom is 0.321 e. The lowest BCUT2D eigenvalue weighted by Crippen LogP contribution is -2.30. The maximum atomic E-state index is 12.3. The molecule has 7 heteroatoms. The molecule has 0 unspecified atom stereocenters. The van der Waals surface area contributed by atoms with Crippen molar-refractivity contribution in [3.8, 4) is 5.75 Å². The predicted molar refractivity (Wildman–Crippen MR) is 103 cm³/mol. The second-order valence-corrected chi connectivity index (χ2v) is 6.45. The second-order valence-electron chi connectivity index (χ2n) is 6.02. The van der Waals surface area contributed by atoms with Gasteiger partial charge in [0.2, 0.25) is 0 Å². The predicted octanol–water partition coefficient (Wildman–Crippen LogP) is 3.47. The minimum absolute atomic E-state index is 0.0547. The lowest BCUT2D eigenvalue weighted by atomic mass is 10.2. The van der Waals surface area contributed by atoms with Gasteiger partial charge < -0.3 is 19.9 Å². The van der Waals surface area contributed by atoms with Crippen molar-refractivity contribution in [2.24, 2.45) is 0 Å². The number of urea groups is 1. The van der Waals surface area contributed by atoms with E-state index in [9.17, 15) is 9.59 Å². The zero-order valence-corrected chi connectivity index (χ0v) is 15.8. The molecule has 0 spiro atoms. The molecule has 0 atom stereocenters. The molecule has 2 rings (SSSR count). The van der Waals surface area contributed by atoms with E-state index in [1.54, 1.807) is 62.4 Å². The molecule has 2 aromatic carbocycles. The van der Waals surface area contributed by atoms with E-state index in [0.29, 0.717) is 23.0 Å². The fourth-order valence-corrected chi connectivity index (χ4v) is 2.22. The Labute approximate surface area is 158 Å². The number of ether oxygens (including phenoxy) is 1. The zero-order chi connectivity index (χ0) is 19.1. The SMILES string of the molecule is CN(C)C(=O)COc1cccc(NC(=O)N(C)Cc2ccc(Cl)cc2)c1. The van der Waals surface area contributed by atoms with Crippen LogP contribution in [0.3, 0.4) is 0 Å². The Morgan fingerprint density at radius 2 is 1.77 bits per heavy atom. The van der Waals surface area contributed by atoms with Crippen molar-refractivity contribution >= 4 is 29.2 Å². The number of nitrogens with one attached hydrogen (secondary N) is 1. The number of halogens is 1. The van der Waals surface area contributed by atoms with Crippen LogP contribution in [0.25, 0.3) is 0 Å². The largest absolute Gasteiger partial charge is 0.484 e. The van der Waals surface area contributed by atoms with Crippen molar-refractivity contribution in [2.45, 2.75) is 6.54 Å². The fraction of sp³-hybridized carbons (Fsp3) is 0.263. The molecule has 0 aliphatic carbocycles. The van der Waals surface area contributed by atoms with Crippen molar-refractivity contribution in [3.05, 3.63) is 59.1 Å². The normalized spacial score (nSPS) is 10.2. The molecule has 6 nitrogen and oxygen atoms in total. The average molecular weight is 376 g/mol. The quantitative estimate of drug-likeness (QED) is 0.840. The number of carbonyl (C=O) groups is 2. The standard InChI is InChI=1S/C19H22ClN3O3/c1-22(2)18(24)13-26-17-6-4-5-16(11-17)21-19(25)23(3)12-14-7-9-15(20)10-8-14/h4-11H,12-13H2,1-3H3,(H,21,25). The van der Waals surface area contributed by atoms with Gasteiger partial charge in [-0.2, -0.15) is 0 Å². The third-order valence-electron chi connectivity index (χ3n) is 3.63. The molecular weight excluding hydrogens is 354 g/mol. The van der Waals surface area contributed by atoms with Gasteiger partial charge in [-0.05, 0) is 29.8 Å². The number of nitrogens with zero attached hydrogens (tertiary/aromatic N) is 2. The summed E-state index contributed by atoms with van der Waals surface area (Å²) in [5.41, 5.74) is 1.57. The topological polar surface area (TPSA) is 61.9 Å². The summed E-state index contributed by atoms with van der Waals surface area (Å²) in [4.78, 5) is 26.9. The molecule has 0 aliphatic rings. The van der Waals surface area contributed by atoms with Crippen LogP contribution in [-0.2, 0) is 11.3 Å². The minimum atomic E-state index is -0.249. The molecule has 1 N–H and O–H groups in total.